The van der Waals surface area contributed by atoms with Gasteiger partial charge in [-0.2, -0.15) is 11.3 Å². The van der Waals surface area contributed by atoms with E-state index in [2.05, 4.69) is 0 Å². The van der Waals surface area contributed by atoms with E-state index < -0.39 is 5.60 Å². The van der Waals surface area contributed by atoms with Crippen LogP contribution in [0.3, 0.4) is 0 Å². The van der Waals surface area contributed by atoms with Gasteiger partial charge in [-0.05, 0) is 22.4 Å². The number of ether oxygens (including phenoxy) is 1. The maximum Gasteiger partial charge on any atom is 0.153 e. The van der Waals surface area contributed by atoms with Crippen molar-refractivity contribution >= 4 is 23.9 Å². The van der Waals surface area contributed by atoms with E-state index in [-0.39, 0.29) is 11.3 Å². The molecule has 0 aliphatic heterocycles. The summed E-state index contributed by atoms with van der Waals surface area (Å²) in [6.45, 7) is 4.15. The van der Waals surface area contributed by atoms with E-state index in [4.69, 9.17) is 4.74 Å². The molecule has 0 spiro atoms. The highest BCUT2D eigenvalue weighted by Crippen LogP contribution is 2.61. The molecule has 1 heterocycles. The normalized spacial score (nSPS) is 31.0. The first-order chi connectivity index (χ1) is 7.58. The molecule has 2 rings (SSSR count). The number of carbonyl (C=O) groups is 2. The molecule has 16 heavy (non-hydrogen) atoms. The molecule has 2 unspecified atom stereocenters. The monoisotopic (exact) mass is 238 g/mol. The van der Waals surface area contributed by atoms with Crippen LogP contribution >= 0.6 is 11.3 Å². The Morgan fingerprint density at radius 1 is 1.50 bits per heavy atom. The van der Waals surface area contributed by atoms with Gasteiger partial charge in [0.1, 0.15) is 11.9 Å². The van der Waals surface area contributed by atoms with Crippen LogP contribution in [0.5, 0.6) is 0 Å². The Morgan fingerprint density at radius 2 is 2.25 bits per heavy atom. The smallest absolute Gasteiger partial charge is 0.153 e. The second-order valence-electron chi connectivity index (χ2n) is 4.67. The first-order valence-electron chi connectivity index (χ1n) is 5.15. The van der Waals surface area contributed by atoms with E-state index in [1.807, 2.05) is 30.7 Å². The molecule has 4 heteroatoms. The van der Waals surface area contributed by atoms with Crippen molar-refractivity contribution in [1.82, 2.24) is 0 Å². The fourth-order valence-electron chi connectivity index (χ4n) is 2.18. The standard InChI is InChI=1S/C12H14O3S/c1-11(2)10(5-13)12(11,8-14)15-6-9-3-4-16-7-9/h3-5,7-8,10H,6H2,1-2H3. The Hall–Kier alpha value is -1.00. The molecule has 0 radical (unpaired) electrons. The van der Waals surface area contributed by atoms with E-state index in [9.17, 15) is 9.59 Å². The van der Waals surface area contributed by atoms with E-state index in [0.717, 1.165) is 18.1 Å². The van der Waals surface area contributed by atoms with Gasteiger partial charge in [0.25, 0.3) is 0 Å². The van der Waals surface area contributed by atoms with Gasteiger partial charge in [-0.1, -0.05) is 13.8 Å². The zero-order chi connectivity index (χ0) is 11.8. The van der Waals surface area contributed by atoms with E-state index >= 15 is 0 Å². The summed E-state index contributed by atoms with van der Waals surface area (Å²) >= 11 is 1.59. The summed E-state index contributed by atoms with van der Waals surface area (Å²) in [6, 6.07) is 1.95. The summed E-state index contributed by atoms with van der Waals surface area (Å²) in [4.78, 5) is 22.0. The van der Waals surface area contributed by atoms with Gasteiger partial charge in [0.15, 0.2) is 6.29 Å². The van der Waals surface area contributed by atoms with Gasteiger partial charge < -0.3 is 14.3 Å². The third-order valence-electron chi connectivity index (χ3n) is 3.53. The Bertz CT molecular complexity index is 396. The molecule has 0 N–H and O–H groups in total. The summed E-state index contributed by atoms with van der Waals surface area (Å²) in [5, 5.41) is 3.94. The van der Waals surface area contributed by atoms with Crippen molar-refractivity contribution in [2.75, 3.05) is 0 Å². The van der Waals surface area contributed by atoms with E-state index in [0.29, 0.717) is 6.61 Å². The van der Waals surface area contributed by atoms with Gasteiger partial charge in [-0.25, -0.2) is 0 Å². The van der Waals surface area contributed by atoms with Crippen LogP contribution in [0.2, 0.25) is 0 Å². The van der Waals surface area contributed by atoms with E-state index in [1.165, 1.54) is 0 Å². The number of rotatable bonds is 5. The minimum Gasteiger partial charge on any atom is -0.361 e. The van der Waals surface area contributed by atoms with Crippen molar-refractivity contribution in [3.05, 3.63) is 22.4 Å². The van der Waals surface area contributed by atoms with Crippen LogP contribution in [0.25, 0.3) is 0 Å². The van der Waals surface area contributed by atoms with Crippen molar-refractivity contribution in [3.8, 4) is 0 Å². The number of aldehydes is 2. The lowest BCUT2D eigenvalue weighted by Gasteiger charge is -2.13. The molecule has 86 valence electrons. The van der Waals surface area contributed by atoms with Gasteiger partial charge >= 0.3 is 0 Å². The molecule has 1 aromatic rings. The summed E-state index contributed by atoms with van der Waals surface area (Å²) < 4.78 is 5.66. The second-order valence-corrected chi connectivity index (χ2v) is 5.45. The van der Waals surface area contributed by atoms with Crippen LogP contribution in [0.1, 0.15) is 19.4 Å². The third-order valence-corrected chi connectivity index (χ3v) is 4.26. The van der Waals surface area contributed by atoms with Crippen LogP contribution in [0, 0.1) is 11.3 Å². The molecule has 1 saturated carbocycles. The summed E-state index contributed by atoms with van der Waals surface area (Å²) in [5.41, 5.74) is -0.262. The van der Waals surface area contributed by atoms with Crippen molar-refractivity contribution < 1.29 is 14.3 Å². The minimum absolute atomic E-state index is 0.323. The van der Waals surface area contributed by atoms with Crippen LogP contribution in [-0.4, -0.2) is 18.2 Å². The Kier molecular flexibility index (Phi) is 2.72. The van der Waals surface area contributed by atoms with Gasteiger partial charge in [-0.3, -0.25) is 0 Å². The molecule has 0 amide bonds. The van der Waals surface area contributed by atoms with Crippen molar-refractivity contribution in [3.63, 3.8) is 0 Å². The lowest BCUT2D eigenvalue weighted by molar-refractivity contribution is -0.127. The average molecular weight is 238 g/mol. The molecule has 1 fully saturated rings. The topological polar surface area (TPSA) is 43.4 Å². The lowest BCUT2D eigenvalue weighted by atomic mass is 10.1. The number of thiophene rings is 1. The highest BCUT2D eigenvalue weighted by Gasteiger charge is 2.73. The molecule has 0 bridgehead atoms. The molecule has 1 aliphatic carbocycles. The molecule has 1 aromatic heterocycles. The molecule has 0 aromatic carbocycles. The molecule has 0 saturated heterocycles. The fourth-order valence-corrected chi connectivity index (χ4v) is 2.83. The van der Waals surface area contributed by atoms with Crippen molar-refractivity contribution in [2.24, 2.45) is 11.3 Å². The maximum absolute atomic E-state index is 11.2. The zero-order valence-electron chi connectivity index (χ0n) is 9.30. The Morgan fingerprint density at radius 3 is 2.69 bits per heavy atom. The number of hydrogen-bond donors (Lipinski definition) is 0. The van der Waals surface area contributed by atoms with Gasteiger partial charge in [-0.15, -0.1) is 0 Å². The van der Waals surface area contributed by atoms with Crippen LogP contribution in [-0.2, 0) is 20.9 Å². The molecule has 1 aliphatic rings. The highest BCUT2D eigenvalue weighted by molar-refractivity contribution is 7.07. The zero-order valence-corrected chi connectivity index (χ0v) is 10.1. The lowest BCUT2D eigenvalue weighted by Crippen LogP contribution is -2.23. The summed E-state index contributed by atoms with van der Waals surface area (Å²) in [6.07, 6.45) is 1.60. The Balaban J connectivity index is 2.08. The van der Waals surface area contributed by atoms with Crippen LogP contribution in [0.4, 0.5) is 0 Å². The first-order valence-corrected chi connectivity index (χ1v) is 6.09. The summed E-state index contributed by atoms with van der Waals surface area (Å²) in [7, 11) is 0. The highest BCUT2D eigenvalue weighted by atomic mass is 32.1. The van der Waals surface area contributed by atoms with Crippen LogP contribution in [0.15, 0.2) is 16.8 Å². The second kappa shape index (κ2) is 3.79. The predicted octanol–water partition coefficient (Wildman–Crippen LogP) is 2.06. The maximum atomic E-state index is 11.2. The largest absolute Gasteiger partial charge is 0.361 e. The molecular formula is C12H14O3S. The first kappa shape index (κ1) is 11.5. The van der Waals surface area contributed by atoms with Crippen LogP contribution < -0.4 is 0 Å². The third kappa shape index (κ3) is 1.44. The quantitative estimate of drug-likeness (QED) is 0.737. The van der Waals surface area contributed by atoms with Crippen molar-refractivity contribution in [2.45, 2.75) is 26.1 Å². The Labute approximate surface area is 98.4 Å². The number of carbonyl (C=O) groups excluding carboxylic acids is 2. The molecule has 3 nitrogen and oxygen atoms in total. The SMILES string of the molecule is CC1(C)C(C=O)C1(C=O)OCc1ccsc1. The number of hydrogen-bond acceptors (Lipinski definition) is 4. The summed E-state index contributed by atoms with van der Waals surface area (Å²) in [5.74, 6) is -0.323. The average Bonchev–Trinajstić information content (AvgIpc) is 2.63. The van der Waals surface area contributed by atoms with Gasteiger partial charge in [0.2, 0.25) is 0 Å². The van der Waals surface area contributed by atoms with Gasteiger partial charge in [0, 0.05) is 5.41 Å². The predicted molar refractivity (Wildman–Crippen MR) is 61.2 cm³/mol. The van der Waals surface area contributed by atoms with Crippen molar-refractivity contribution in [1.29, 1.82) is 0 Å². The molecule has 2 atom stereocenters. The minimum atomic E-state index is -0.920. The molecular weight excluding hydrogens is 224 g/mol. The fraction of sp³-hybridized carbons (Fsp3) is 0.500. The van der Waals surface area contributed by atoms with Gasteiger partial charge in [0.05, 0.1) is 12.5 Å². The van der Waals surface area contributed by atoms with E-state index in [1.54, 1.807) is 11.3 Å².